The first-order chi connectivity index (χ1) is 9.47. The van der Waals surface area contributed by atoms with Gasteiger partial charge >= 0.3 is 5.97 Å². The zero-order chi connectivity index (χ0) is 14.7. The van der Waals surface area contributed by atoms with E-state index in [1.165, 1.54) is 11.8 Å². The summed E-state index contributed by atoms with van der Waals surface area (Å²) in [5, 5.41) is 9.30. The van der Waals surface area contributed by atoms with E-state index in [0.29, 0.717) is 10.7 Å². The van der Waals surface area contributed by atoms with E-state index in [1.54, 1.807) is 6.20 Å². The monoisotopic (exact) mass is 288 g/mol. The fourth-order valence-electron chi connectivity index (χ4n) is 1.70. The van der Waals surface area contributed by atoms with E-state index in [1.807, 2.05) is 45.0 Å². The first-order valence-corrected chi connectivity index (χ1v) is 7.13. The molecule has 0 aliphatic rings. The van der Waals surface area contributed by atoms with Gasteiger partial charge in [0.15, 0.2) is 5.69 Å². The Balaban J connectivity index is 2.38. The van der Waals surface area contributed by atoms with Crippen LogP contribution in [0.1, 0.15) is 41.6 Å². The Labute approximate surface area is 122 Å². The minimum absolute atomic E-state index is 0.0650. The summed E-state index contributed by atoms with van der Waals surface area (Å²) in [6.07, 6.45) is 1.60. The molecule has 1 heterocycles. The Bertz CT molecular complexity index is 642. The minimum Gasteiger partial charge on any atom is -0.476 e. The summed E-state index contributed by atoms with van der Waals surface area (Å²) in [5.41, 5.74) is 1.20. The SMILES string of the molecule is Cc1cccc(Sc2cnc(C(C)C)nc2C(=O)O)c1. The molecule has 1 N–H and O–H groups in total. The number of hydrogen-bond acceptors (Lipinski definition) is 4. The molecule has 1 aromatic carbocycles. The molecule has 1 aromatic heterocycles. The van der Waals surface area contributed by atoms with Crippen LogP contribution in [0.3, 0.4) is 0 Å². The van der Waals surface area contributed by atoms with Crippen LogP contribution in [0.25, 0.3) is 0 Å². The lowest BCUT2D eigenvalue weighted by Crippen LogP contribution is -2.08. The number of benzene rings is 1. The highest BCUT2D eigenvalue weighted by Gasteiger charge is 2.16. The third-order valence-electron chi connectivity index (χ3n) is 2.71. The Hall–Kier alpha value is -1.88. The maximum atomic E-state index is 11.4. The van der Waals surface area contributed by atoms with Gasteiger partial charge in [-0.25, -0.2) is 14.8 Å². The highest BCUT2D eigenvalue weighted by Crippen LogP contribution is 2.30. The van der Waals surface area contributed by atoms with Gasteiger partial charge in [-0.2, -0.15) is 0 Å². The lowest BCUT2D eigenvalue weighted by Gasteiger charge is -2.09. The topological polar surface area (TPSA) is 63.1 Å². The number of carboxylic acids is 1. The fraction of sp³-hybridized carbons (Fsp3) is 0.267. The molecule has 104 valence electrons. The van der Waals surface area contributed by atoms with Gasteiger partial charge < -0.3 is 5.11 Å². The number of nitrogens with zero attached hydrogens (tertiary/aromatic N) is 2. The van der Waals surface area contributed by atoms with Gasteiger partial charge in [-0.3, -0.25) is 0 Å². The van der Waals surface area contributed by atoms with E-state index >= 15 is 0 Å². The first kappa shape index (κ1) is 14.5. The summed E-state index contributed by atoms with van der Waals surface area (Å²) in [6.45, 7) is 5.88. The van der Waals surface area contributed by atoms with Gasteiger partial charge in [-0.1, -0.05) is 43.3 Å². The summed E-state index contributed by atoms with van der Waals surface area (Å²) >= 11 is 1.37. The Morgan fingerprint density at radius 3 is 2.70 bits per heavy atom. The smallest absolute Gasteiger partial charge is 0.355 e. The molecule has 2 rings (SSSR count). The van der Waals surface area contributed by atoms with E-state index < -0.39 is 5.97 Å². The zero-order valence-electron chi connectivity index (χ0n) is 11.6. The molecule has 4 nitrogen and oxygen atoms in total. The Morgan fingerprint density at radius 2 is 2.10 bits per heavy atom. The predicted molar refractivity (Wildman–Crippen MR) is 78.4 cm³/mol. The van der Waals surface area contributed by atoms with Crippen LogP contribution in [0, 0.1) is 6.92 Å². The van der Waals surface area contributed by atoms with Gasteiger partial charge in [0.25, 0.3) is 0 Å². The molecule has 0 aliphatic heterocycles. The number of hydrogen-bond donors (Lipinski definition) is 1. The molecule has 5 heteroatoms. The molecule has 0 aliphatic carbocycles. The summed E-state index contributed by atoms with van der Waals surface area (Å²) in [7, 11) is 0. The number of carboxylic acid groups (broad SMARTS) is 1. The molecule has 0 amide bonds. The lowest BCUT2D eigenvalue weighted by atomic mass is 10.2. The van der Waals surface area contributed by atoms with Crippen molar-refractivity contribution in [2.75, 3.05) is 0 Å². The lowest BCUT2D eigenvalue weighted by molar-refractivity contribution is 0.0685. The Kier molecular flexibility index (Phi) is 4.39. The van der Waals surface area contributed by atoms with Crippen molar-refractivity contribution in [2.24, 2.45) is 0 Å². The quantitative estimate of drug-likeness (QED) is 0.928. The van der Waals surface area contributed by atoms with Crippen molar-refractivity contribution in [2.45, 2.75) is 36.5 Å². The standard InChI is InChI=1S/C15H16N2O2S/c1-9(2)14-16-8-12(13(17-14)15(18)19)20-11-6-4-5-10(3)7-11/h4-9H,1-3H3,(H,18,19). The van der Waals surface area contributed by atoms with Crippen LogP contribution < -0.4 is 0 Å². The second-order valence-electron chi connectivity index (χ2n) is 4.82. The minimum atomic E-state index is -1.02. The molecule has 0 saturated carbocycles. The largest absolute Gasteiger partial charge is 0.476 e. The van der Waals surface area contributed by atoms with E-state index in [9.17, 15) is 9.90 Å². The maximum Gasteiger partial charge on any atom is 0.355 e. The van der Waals surface area contributed by atoms with Crippen molar-refractivity contribution in [1.82, 2.24) is 9.97 Å². The average Bonchev–Trinajstić information content (AvgIpc) is 2.38. The van der Waals surface area contributed by atoms with E-state index in [2.05, 4.69) is 9.97 Å². The van der Waals surface area contributed by atoms with E-state index in [-0.39, 0.29) is 11.6 Å². The molecular formula is C15H16N2O2S. The van der Waals surface area contributed by atoms with Crippen molar-refractivity contribution < 1.29 is 9.90 Å². The van der Waals surface area contributed by atoms with Crippen LogP contribution in [0.2, 0.25) is 0 Å². The van der Waals surface area contributed by atoms with Gasteiger partial charge in [0.05, 0.1) is 4.90 Å². The third kappa shape index (κ3) is 3.36. The van der Waals surface area contributed by atoms with Crippen molar-refractivity contribution >= 4 is 17.7 Å². The number of aromatic carboxylic acids is 1. The van der Waals surface area contributed by atoms with E-state index in [0.717, 1.165) is 10.5 Å². The number of carbonyl (C=O) groups is 1. The van der Waals surface area contributed by atoms with Crippen LogP contribution in [-0.4, -0.2) is 21.0 Å². The number of rotatable bonds is 4. The predicted octanol–water partition coefficient (Wildman–Crippen LogP) is 3.76. The van der Waals surface area contributed by atoms with Gasteiger partial charge in [0, 0.05) is 17.0 Å². The van der Waals surface area contributed by atoms with Crippen LogP contribution in [0.5, 0.6) is 0 Å². The molecule has 20 heavy (non-hydrogen) atoms. The molecule has 0 saturated heterocycles. The highest BCUT2D eigenvalue weighted by atomic mass is 32.2. The molecule has 0 bridgehead atoms. The molecular weight excluding hydrogens is 272 g/mol. The maximum absolute atomic E-state index is 11.4. The molecule has 0 radical (unpaired) electrons. The van der Waals surface area contributed by atoms with Crippen molar-refractivity contribution in [1.29, 1.82) is 0 Å². The molecule has 0 spiro atoms. The van der Waals surface area contributed by atoms with Crippen LogP contribution in [0.15, 0.2) is 40.3 Å². The van der Waals surface area contributed by atoms with Gasteiger partial charge in [0.2, 0.25) is 0 Å². The van der Waals surface area contributed by atoms with E-state index in [4.69, 9.17) is 0 Å². The Morgan fingerprint density at radius 1 is 1.35 bits per heavy atom. The second-order valence-corrected chi connectivity index (χ2v) is 5.93. The summed E-state index contributed by atoms with van der Waals surface area (Å²) < 4.78 is 0. The number of aromatic nitrogens is 2. The van der Waals surface area contributed by atoms with Gasteiger partial charge in [-0.15, -0.1) is 0 Å². The average molecular weight is 288 g/mol. The first-order valence-electron chi connectivity index (χ1n) is 6.32. The summed E-state index contributed by atoms with van der Waals surface area (Å²) in [5.74, 6) is -0.369. The van der Waals surface area contributed by atoms with Crippen LogP contribution >= 0.6 is 11.8 Å². The van der Waals surface area contributed by atoms with Gasteiger partial charge in [0.1, 0.15) is 5.82 Å². The highest BCUT2D eigenvalue weighted by molar-refractivity contribution is 7.99. The molecule has 2 aromatic rings. The second kappa shape index (κ2) is 6.05. The third-order valence-corrected chi connectivity index (χ3v) is 3.72. The summed E-state index contributed by atoms with van der Waals surface area (Å²) in [6, 6.07) is 7.90. The molecule has 0 fully saturated rings. The van der Waals surface area contributed by atoms with Gasteiger partial charge in [-0.05, 0) is 19.1 Å². The van der Waals surface area contributed by atoms with Crippen molar-refractivity contribution in [3.8, 4) is 0 Å². The van der Waals surface area contributed by atoms with Crippen molar-refractivity contribution in [3.05, 3.63) is 47.5 Å². The normalized spacial score (nSPS) is 10.8. The summed E-state index contributed by atoms with van der Waals surface area (Å²) in [4.78, 5) is 21.3. The van der Waals surface area contributed by atoms with Crippen LogP contribution in [-0.2, 0) is 0 Å². The van der Waals surface area contributed by atoms with Crippen molar-refractivity contribution in [3.63, 3.8) is 0 Å². The fourth-order valence-corrected chi connectivity index (χ4v) is 2.68. The van der Waals surface area contributed by atoms with Crippen LogP contribution in [0.4, 0.5) is 0 Å². The number of aryl methyl sites for hydroxylation is 1. The zero-order valence-corrected chi connectivity index (χ0v) is 12.4. The molecule has 0 unspecified atom stereocenters. The molecule has 0 atom stereocenters.